The highest BCUT2D eigenvalue weighted by molar-refractivity contribution is 5.91. The molecule has 0 aromatic heterocycles. The van der Waals surface area contributed by atoms with Crippen LogP contribution in [0.15, 0.2) is 97.4 Å². The van der Waals surface area contributed by atoms with E-state index in [-0.39, 0.29) is 28.4 Å². The number of nitrogen functional groups attached to an aromatic ring is 2. The van der Waals surface area contributed by atoms with E-state index in [0.717, 1.165) is 5.56 Å². The fourth-order valence-electron chi connectivity index (χ4n) is 3.48. The molecule has 4 aromatic rings. The van der Waals surface area contributed by atoms with Crippen molar-refractivity contribution in [2.24, 2.45) is 30.7 Å². The Morgan fingerprint density at radius 1 is 0.641 bits per heavy atom. The first kappa shape index (κ1) is 26.4. The van der Waals surface area contributed by atoms with E-state index in [1.165, 1.54) is 24.3 Å². The molecular formula is C27H24N8O4. The van der Waals surface area contributed by atoms with Crippen LogP contribution in [0.25, 0.3) is 0 Å². The third kappa shape index (κ3) is 6.38. The lowest BCUT2D eigenvalue weighted by Gasteiger charge is -2.06. The van der Waals surface area contributed by atoms with E-state index in [0.29, 0.717) is 39.7 Å². The van der Waals surface area contributed by atoms with E-state index in [1.807, 2.05) is 13.0 Å². The van der Waals surface area contributed by atoms with Gasteiger partial charge in [-0.3, -0.25) is 0 Å². The number of nitrogens with zero attached hydrogens (tertiary/aromatic N) is 6. The third-order valence-corrected chi connectivity index (χ3v) is 5.48. The molecule has 0 spiro atoms. The number of phenols is 2. The van der Waals surface area contributed by atoms with Gasteiger partial charge in [-0.25, -0.2) is 4.79 Å². The zero-order valence-corrected chi connectivity index (χ0v) is 20.9. The summed E-state index contributed by atoms with van der Waals surface area (Å²) in [5, 5.41) is 53.7. The van der Waals surface area contributed by atoms with Gasteiger partial charge in [0, 0.05) is 0 Å². The summed E-state index contributed by atoms with van der Waals surface area (Å²) in [5.41, 5.74) is 16.3. The number of aryl methyl sites for hydroxylation is 2. The zero-order valence-electron chi connectivity index (χ0n) is 20.9. The van der Waals surface area contributed by atoms with Crippen LogP contribution in [0.3, 0.4) is 0 Å². The molecule has 4 rings (SSSR count). The van der Waals surface area contributed by atoms with Crippen LogP contribution in [0.4, 0.5) is 45.5 Å². The minimum absolute atomic E-state index is 0.0364. The minimum Gasteiger partial charge on any atom is -0.507 e. The number of carboxylic acid groups (broad SMARTS) is 1. The summed E-state index contributed by atoms with van der Waals surface area (Å²) in [7, 11) is 0. The number of hydrogen-bond donors (Lipinski definition) is 5. The van der Waals surface area contributed by atoms with E-state index in [2.05, 4.69) is 30.7 Å². The third-order valence-electron chi connectivity index (χ3n) is 5.48. The van der Waals surface area contributed by atoms with E-state index in [9.17, 15) is 15.0 Å². The van der Waals surface area contributed by atoms with Crippen LogP contribution in [-0.2, 0) is 0 Å². The van der Waals surface area contributed by atoms with Crippen molar-refractivity contribution in [3.8, 4) is 11.5 Å². The molecule has 0 bridgehead atoms. The molecule has 0 aliphatic heterocycles. The van der Waals surface area contributed by atoms with Gasteiger partial charge in [0.2, 0.25) is 0 Å². The molecule has 12 heteroatoms. The van der Waals surface area contributed by atoms with Crippen molar-refractivity contribution in [3.05, 3.63) is 83.4 Å². The number of hydrogen-bond acceptors (Lipinski definition) is 11. The molecule has 0 amide bonds. The predicted octanol–water partition coefficient (Wildman–Crippen LogP) is 7.82. The smallest absolute Gasteiger partial charge is 0.339 e. The number of azo groups is 3. The summed E-state index contributed by atoms with van der Waals surface area (Å²) in [5.74, 6) is -1.58. The Balaban J connectivity index is 1.50. The fraction of sp³-hybridized carbons (Fsp3) is 0.0741. The molecule has 7 N–H and O–H groups in total. The standard InChI is InChI=1S/C27H24N8O4/c1-14-9-15(2)26(37)24(10-14)35-34-23-13-22(20(28)12-21(23)29)33-31-17-5-3-16(4-6-17)30-32-18-7-8-25(36)19(11-18)27(38)39/h3-13,36-37H,28-29H2,1-2H3,(H,38,39). The minimum atomic E-state index is -1.27. The lowest BCUT2D eigenvalue weighted by atomic mass is 10.1. The molecular weight excluding hydrogens is 500 g/mol. The number of phenolic OH excluding ortho intramolecular Hbond substituents is 1. The largest absolute Gasteiger partial charge is 0.507 e. The van der Waals surface area contributed by atoms with Crippen molar-refractivity contribution in [3.63, 3.8) is 0 Å². The highest BCUT2D eigenvalue weighted by Crippen LogP contribution is 2.37. The number of rotatable bonds is 7. The molecule has 12 nitrogen and oxygen atoms in total. The van der Waals surface area contributed by atoms with Crippen molar-refractivity contribution in [2.45, 2.75) is 13.8 Å². The molecule has 0 heterocycles. The Morgan fingerprint density at radius 2 is 1.15 bits per heavy atom. The first-order valence-electron chi connectivity index (χ1n) is 11.5. The van der Waals surface area contributed by atoms with Gasteiger partial charge in [-0.2, -0.15) is 15.3 Å². The molecule has 0 aliphatic rings. The van der Waals surface area contributed by atoms with Gasteiger partial charge in [0.05, 0.1) is 28.4 Å². The highest BCUT2D eigenvalue weighted by Gasteiger charge is 2.10. The van der Waals surface area contributed by atoms with Gasteiger partial charge in [-0.05, 0) is 85.6 Å². The number of aromatic carboxylic acids is 1. The van der Waals surface area contributed by atoms with Crippen molar-refractivity contribution in [1.29, 1.82) is 0 Å². The second-order valence-corrected chi connectivity index (χ2v) is 8.54. The normalized spacial score (nSPS) is 11.6. The van der Waals surface area contributed by atoms with Gasteiger partial charge in [-0.1, -0.05) is 6.07 Å². The van der Waals surface area contributed by atoms with Gasteiger partial charge >= 0.3 is 5.97 Å². The Morgan fingerprint density at radius 3 is 1.77 bits per heavy atom. The van der Waals surface area contributed by atoms with Gasteiger partial charge in [0.1, 0.15) is 34.1 Å². The first-order valence-corrected chi connectivity index (χ1v) is 11.5. The molecule has 0 fully saturated rings. The Hall–Kier alpha value is -5.65. The summed E-state index contributed by atoms with van der Waals surface area (Å²) in [6.07, 6.45) is 0. The lowest BCUT2D eigenvalue weighted by molar-refractivity contribution is 0.0693. The van der Waals surface area contributed by atoms with Crippen LogP contribution in [-0.4, -0.2) is 21.3 Å². The van der Waals surface area contributed by atoms with Crippen molar-refractivity contribution < 1.29 is 20.1 Å². The topological polar surface area (TPSA) is 204 Å². The van der Waals surface area contributed by atoms with Crippen LogP contribution >= 0.6 is 0 Å². The summed E-state index contributed by atoms with van der Waals surface area (Å²) >= 11 is 0. The molecule has 0 aliphatic carbocycles. The van der Waals surface area contributed by atoms with E-state index < -0.39 is 5.97 Å². The molecule has 0 radical (unpaired) electrons. The summed E-state index contributed by atoms with van der Waals surface area (Å²) < 4.78 is 0. The average Bonchev–Trinajstić information content (AvgIpc) is 2.90. The maximum absolute atomic E-state index is 11.1. The van der Waals surface area contributed by atoms with E-state index >= 15 is 0 Å². The lowest BCUT2D eigenvalue weighted by Crippen LogP contribution is -1.95. The van der Waals surface area contributed by atoms with Gasteiger partial charge in [0.25, 0.3) is 0 Å². The van der Waals surface area contributed by atoms with Crippen molar-refractivity contribution >= 4 is 51.5 Å². The van der Waals surface area contributed by atoms with E-state index in [1.54, 1.807) is 43.3 Å². The number of carboxylic acids is 1. The molecule has 4 aromatic carbocycles. The van der Waals surface area contributed by atoms with Gasteiger partial charge < -0.3 is 26.8 Å². The average molecular weight is 525 g/mol. The van der Waals surface area contributed by atoms with Crippen LogP contribution < -0.4 is 11.5 Å². The molecule has 196 valence electrons. The SMILES string of the molecule is Cc1cc(C)c(O)c(N=Nc2cc(N=Nc3ccc(N=Nc4ccc(O)c(C(=O)O)c4)cc3)c(N)cc2N)c1. The highest BCUT2D eigenvalue weighted by atomic mass is 16.4. The van der Waals surface area contributed by atoms with Crippen molar-refractivity contribution in [1.82, 2.24) is 0 Å². The maximum atomic E-state index is 11.1. The number of nitrogens with two attached hydrogens (primary N) is 2. The Bertz CT molecular complexity index is 1650. The quantitative estimate of drug-likeness (QED) is 0.120. The summed E-state index contributed by atoms with van der Waals surface area (Å²) in [4.78, 5) is 11.1. The Labute approximate surface area is 222 Å². The van der Waals surface area contributed by atoms with Crippen LogP contribution in [0.1, 0.15) is 21.5 Å². The first-order chi connectivity index (χ1) is 18.6. The predicted molar refractivity (Wildman–Crippen MR) is 147 cm³/mol. The number of carbonyl (C=O) groups is 1. The van der Waals surface area contributed by atoms with E-state index in [4.69, 9.17) is 16.6 Å². The fourth-order valence-corrected chi connectivity index (χ4v) is 3.48. The number of aromatic hydroxyl groups is 2. The maximum Gasteiger partial charge on any atom is 0.339 e. The van der Waals surface area contributed by atoms with Gasteiger partial charge in [-0.15, -0.1) is 15.3 Å². The number of benzene rings is 4. The van der Waals surface area contributed by atoms with Gasteiger partial charge in [0.15, 0.2) is 0 Å². The molecule has 39 heavy (non-hydrogen) atoms. The second kappa shape index (κ2) is 11.2. The van der Waals surface area contributed by atoms with Crippen molar-refractivity contribution in [2.75, 3.05) is 11.5 Å². The molecule has 0 saturated heterocycles. The molecule has 0 unspecified atom stereocenters. The zero-order chi connectivity index (χ0) is 28.1. The molecule has 0 atom stereocenters. The second-order valence-electron chi connectivity index (χ2n) is 8.54. The van der Waals surface area contributed by atoms with Crippen LogP contribution in [0, 0.1) is 13.8 Å². The molecule has 0 saturated carbocycles. The summed E-state index contributed by atoms with van der Waals surface area (Å²) in [6, 6.07) is 17.1. The monoisotopic (exact) mass is 524 g/mol. The van der Waals surface area contributed by atoms with Crippen LogP contribution in [0.2, 0.25) is 0 Å². The number of anilines is 2. The summed E-state index contributed by atoms with van der Waals surface area (Å²) in [6.45, 7) is 3.67. The van der Waals surface area contributed by atoms with Crippen LogP contribution in [0.5, 0.6) is 11.5 Å². The Kier molecular flexibility index (Phi) is 7.57.